The summed E-state index contributed by atoms with van der Waals surface area (Å²) >= 11 is 5.04. The molecule has 0 spiro atoms. The van der Waals surface area contributed by atoms with Gasteiger partial charge in [-0.15, -0.1) is 0 Å². The normalized spacial score (nSPS) is 20.6. The maximum Gasteiger partial charge on any atom is 0.195 e. The molecule has 7 heteroatoms. The van der Waals surface area contributed by atoms with Crippen LogP contribution in [0.3, 0.4) is 0 Å². The number of H-pyrrole nitrogens is 1. The molecule has 1 aliphatic rings. The van der Waals surface area contributed by atoms with Gasteiger partial charge in [-0.25, -0.2) is 8.42 Å². The Labute approximate surface area is 87.1 Å². The predicted molar refractivity (Wildman–Crippen MR) is 54.5 cm³/mol. The molecule has 0 amide bonds. The van der Waals surface area contributed by atoms with Crippen LogP contribution in [0.5, 0.6) is 0 Å². The molecule has 0 aromatic carbocycles. The van der Waals surface area contributed by atoms with E-state index >= 15 is 0 Å². The lowest BCUT2D eigenvalue weighted by Gasteiger charge is -2.27. The van der Waals surface area contributed by atoms with Crippen molar-refractivity contribution in [3.8, 4) is 0 Å². The van der Waals surface area contributed by atoms with Gasteiger partial charge in [0.15, 0.2) is 14.6 Å². The van der Waals surface area contributed by atoms with E-state index in [4.69, 9.17) is 12.2 Å². The summed E-state index contributed by atoms with van der Waals surface area (Å²) in [4.78, 5) is 0. The highest BCUT2D eigenvalue weighted by atomic mass is 32.2. The third-order valence-corrected chi connectivity index (χ3v) is 4.42. The summed E-state index contributed by atoms with van der Waals surface area (Å²) in [6.45, 7) is 1.97. The number of aromatic amines is 1. The molecule has 1 aromatic heterocycles. The Morgan fingerprint density at radius 1 is 1.64 bits per heavy atom. The Morgan fingerprint density at radius 2 is 2.29 bits per heavy atom. The maximum atomic E-state index is 11.0. The third kappa shape index (κ3) is 1.50. The van der Waals surface area contributed by atoms with E-state index in [0.29, 0.717) is 4.77 Å². The van der Waals surface area contributed by atoms with Crippen LogP contribution in [0.4, 0.5) is 0 Å². The van der Waals surface area contributed by atoms with Crippen molar-refractivity contribution < 1.29 is 8.42 Å². The van der Waals surface area contributed by atoms with E-state index in [1.54, 1.807) is 0 Å². The van der Waals surface area contributed by atoms with Crippen molar-refractivity contribution in [1.82, 2.24) is 14.8 Å². The quantitative estimate of drug-likeness (QED) is 0.754. The lowest BCUT2D eigenvalue weighted by molar-refractivity contribution is 0.492. The molecule has 0 saturated carbocycles. The second-order valence-corrected chi connectivity index (χ2v) is 5.94. The van der Waals surface area contributed by atoms with E-state index in [1.165, 1.54) is 0 Å². The monoisotopic (exact) mass is 233 g/mol. The molecule has 1 aliphatic heterocycles. The van der Waals surface area contributed by atoms with Crippen molar-refractivity contribution in [1.29, 1.82) is 0 Å². The summed E-state index contributed by atoms with van der Waals surface area (Å²) in [7, 11) is -2.81. The molecular weight excluding hydrogens is 222 g/mol. The number of hydrogen-bond acceptors (Lipinski definition) is 4. The van der Waals surface area contributed by atoms with Crippen molar-refractivity contribution in [2.24, 2.45) is 0 Å². The van der Waals surface area contributed by atoms with Crippen molar-refractivity contribution >= 4 is 22.1 Å². The van der Waals surface area contributed by atoms with Crippen LogP contribution in [0.15, 0.2) is 0 Å². The zero-order valence-electron chi connectivity index (χ0n) is 7.73. The number of aromatic nitrogens is 3. The average Bonchev–Trinajstić information content (AvgIpc) is 2.42. The van der Waals surface area contributed by atoms with E-state index in [9.17, 15) is 8.42 Å². The van der Waals surface area contributed by atoms with Gasteiger partial charge in [0, 0.05) is 6.42 Å². The van der Waals surface area contributed by atoms with Gasteiger partial charge in [-0.2, -0.15) is 5.10 Å². The van der Waals surface area contributed by atoms with Crippen molar-refractivity contribution in [3.05, 3.63) is 10.6 Å². The van der Waals surface area contributed by atoms with Crippen LogP contribution in [0.25, 0.3) is 0 Å². The van der Waals surface area contributed by atoms with Crippen LogP contribution in [0.2, 0.25) is 0 Å². The summed E-state index contributed by atoms with van der Waals surface area (Å²) in [5.74, 6) is 1.21. The fourth-order valence-electron chi connectivity index (χ4n) is 1.65. The van der Waals surface area contributed by atoms with Gasteiger partial charge < -0.3 is 0 Å². The summed E-state index contributed by atoms with van der Waals surface area (Å²) in [6, 6.07) is -0.0128. The highest BCUT2D eigenvalue weighted by Crippen LogP contribution is 2.24. The van der Waals surface area contributed by atoms with Gasteiger partial charge in [-0.3, -0.25) is 9.67 Å². The fourth-order valence-corrected chi connectivity index (χ4v) is 3.32. The van der Waals surface area contributed by atoms with Gasteiger partial charge in [-0.1, -0.05) is 6.92 Å². The fraction of sp³-hybridized carbons (Fsp3) is 0.714. The molecule has 5 nitrogen and oxygen atoms in total. The first-order valence-corrected chi connectivity index (χ1v) is 6.62. The molecular formula is C7H11N3O2S2. The highest BCUT2D eigenvalue weighted by molar-refractivity contribution is 7.92. The summed E-state index contributed by atoms with van der Waals surface area (Å²) in [6.07, 6.45) is 0.754. The minimum Gasteiger partial charge on any atom is -0.299 e. The topological polar surface area (TPSA) is 67.8 Å². The van der Waals surface area contributed by atoms with Crippen LogP contribution in [-0.2, 0) is 16.3 Å². The Hall–Kier alpha value is -0.690. The minimum absolute atomic E-state index is 0.0128. The van der Waals surface area contributed by atoms with Gasteiger partial charge >= 0.3 is 0 Å². The standard InChI is InChI=1S/C7H11N3O2S2/c1-2-6-8-9-7(13)10(6)5-3-14(11,12)4-5/h5H,2-4H2,1H3,(H,9,13). The predicted octanol–water partition coefficient (Wildman–Crippen LogP) is 0.473. The van der Waals surface area contributed by atoms with E-state index in [-0.39, 0.29) is 17.5 Å². The highest BCUT2D eigenvalue weighted by Gasteiger charge is 2.36. The molecule has 0 aliphatic carbocycles. The summed E-state index contributed by atoms with van der Waals surface area (Å²) in [5.41, 5.74) is 0. The minimum atomic E-state index is -2.81. The number of rotatable bonds is 2. The lowest BCUT2D eigenvalue weighted by Crippen LogP contribution is -2.38. The van der Waals surface area contributed by atoms with E-state index in [0.717, 1.165) is 12.2 Å². The van der Waals surface area contributed by atoms with Crippen LogP contribution in [0.1, 0.15) is 18.8 Å². The molecule has 0 bridgehead atoms. The van der Waals surface area contributed by atoms with Gasteiger partial charge in [0.2, 0.25) is 0 Å². The Balaban J connectivity index is 2.34. The van der Waals surface area contributed by atoms with E-state index < -0.39 is 9.84 Å². The average molecular weight is 233 g/mol. The first-order valence-electron chi connectivity index (χ1n) is 4.39. The molecule has 1 N–H and O–H groups in total. The van der Waals surface area contributed by atoms with Crippen LogP contribution in [0, 0.1) is 4.77 Å². The SMILES string of the molecule is CCc1n[nH]c(=S)n1C1CS(=O)(=O)C1. The van der Waals surface area contributed by atoms with Gasteiger partial charge in [0.05, 0.1) is 17.5 Å². The largest absolute Gasteiger partial charge is 0.299 e. The first-order chi connectivity index (χ1) is 6.53. The lowest BCUT2D eigenvalue weighted by atomic mass is 10.3. The number of sulfone groups is 1. The van der Waals surface area contributed by atoms with Crippen LogP contribution < -0.4 is 0 Å². The summed E-state index contributed by atoms with van der Waals surface area (Å²) in [5, 5.41) is 6.72. The van der Waals surface area contributed by atoms with Crippen LogP contribution in [-0.4, -0.2) is 34.7 Å². The zero-order valence-corrected chi connectivity index (χ0v) is 9.36. The van der Waals surface area contributed by atoms with E-state index in [2.05, 4.69) is 10.2 Å². The smallest absolute Gasteiger partial charge is 0.195 e. The zero-order chi connectivity index (χ0) is 10.3. The number of aryl methyl sites for hydroxylation is 1. The molecule has 0 atom stereocenters. The number of nitrogens with zero attached hydrogens (tertiary/aromatic N) is 2. The Bertz CT molecular complexity index is 487. The molecule has 0 radical (unpaired) electrons. The number of hydrogen-bond donors (Lipinski definition) is 1. The molecule has 78 valence electrons. The van der Waals surface area contributed by atoms with Gasteiger partial charge in [0.25, 0.3) is 0 Å². The second-order valence-electron chi connectivity index (χ2n) is 3.40. The van der Waals surface area contributed by atoms with Crippen molar-refractivity contribution in [2.75, 3.05) is 11.5 Å². The van der Waals surface area contributed by atoms with Crippen LogP contribution >= 0.6 is 12.2 Å². The number of nitrogens with one attached hydrogen (secondary N) is 1. The molecule has 2 heterocycles. The second kappa shape index (κ2) is 3.16. The first kappa shape index (κ1) is 9.85. The molecule has 14 heavy (non-hydrogen) atoms. The Morgan fingerprint density at radius 3 is 2.79 bits per heavy atom. The van der Waals surface area contributed by atoms with Gasteiger partial charge in [0.1, 0.15) is 5.82 Å². The van der Waals surface area contributed by atoms with Crippen molar-refractivity contribution in [3.63, 3.8) is 0 Å². The molecule has 1 aromatic rings. The molecule has 1 fully saturated rings. The molecule has 0 unspecified atom stereocenters. The molecule has 2 rings (SSSR count). The third-order valence-electron chi connectivity index (χ3n) is 2.35. The summed E-state index contributed by atoms with van der Waals surface area (Å²) < 4.78 is 24.4. The molecule has 1 saturated heterocycles. The Kier molecular flexibility index (Phi) is 2.23. The van der Waals surface area contributed by atoms with Gasteiger partial charge in [-0.05, 0) is 12.2 Å². The van der Waals surface area contributed by atoms with E-state index in [1.807, 2.05) is 11.5 Å². The van der Waals surface area contributed by atoms with Crippen molar-refractivity contribution in [2.45, 2.75) is 19.4 Å². The maximum absolute atomic E-state index is 11.0.